The molecular formula is C43H82O12. The summed E-state index contributed by atoms with van der Waals surface area (Å²) >= 11 is 0. The molecule has 8 unspecified atom stereocenters. The number of carbonyl (C=O) groups excluding carboxylic acids is 3. The second kappa shape index (κ2) is 35.5. The Morgan fingerprint density at radius 1 is 0.473 bits per heavy atom. The van der Waals surface area contributed by atoms with Crippen LogP contribution in [0.1, 0.15) is 196 Å². The number of hydrogen-bond acceptors (Lipinski definition) is 12. The van der Waals surface area contributed by atoms with Crippen LogP contribution in [0.2, 0.25) is 0 Å². The van der Waals surface area contributed by atoms with Gasteiger partial charge in [0.25, 0.3) is 0 Å². The van der Waals surface area contributed by atoms with Crippen LogP contribution in [0.3, 0.4) is 0 Å². The van der Waals surface area contributed by atoms with Gasteiger partial charge in [0.1, 0.15) is 24.1 Å². The van der Waals surface area contributed by atoms with Gasteiger partial charge in [0, 0.05) is 32.3 Å². The number of carbonyl (C=O) groups is 3. The zero-order valence-electron chi connectivity index (χ0n) is 35.6. The first-order valence-electron chi connectivity index (χ1n) is 21.9. The summed E-state index contributed by atoms with van der Waals surface area (Å²) in [7, 11) is 0. The minimum atomic E-state index is -0.988. The normalized spacial score (nSPS) is 16.1. The van der Waals surface area contributed by atoms with Crippen molar-refractivity contribution in [1.29, 1.82) is 0 Å². The average Bonchev–Trinajstić information content (AvgIpc) is 3.10. The fraction of sp³-hybridized carbons (Fsp3) is 0.930. The lowest BCUT2D eigenvalue weighted by molar-refractivity contribution is -0.324. The van der Waals surface area contributed by atoms with Crippen LogP contribution in [-0.2, 0) is 38.4 Å². The van der Waals surface area contributed by atoms with E-state index in [1.54, 1.807) is 6.92 Å². The molecule has 0 aromatic rings. The van der Waals surface area contributed by atoms with Gasteiger partial charge in [-0.25, -0.2) is 9.78 Å². The predicted molar refractivity (Wildman–Crippen MR) is 214 cm³/mol. The minimum Gasteiger partial charge on any atom is -0.462 e. The van der Waals surface area contributed by atoms with Crippen molar-refractivity contribution in [2.45, 2.75) is 244 Å². The number of ether oxygens (including phenoxy) is 3. The lowest BCUT2D eigenvalue weighted by atomic mass is 10.0. The Labute approximate surface area is 333 Å². The largest absolute Gasteiger partial charge is 0.462 e. The van der Waals surface area contributed by atoms with E-state index in [1.807, 2.05) is 0 Å². The Kier molecular flexibility index (Phi) is 34.4. The Bertz CT molecular complexity index is 933. The van der Waals surface area contributed by atoms with Crippen molar-refractivity contribution >= 4 is 17.7 Å². The first kappa shape index (κ1) is 53.3. The number of aliphatic hydroxyl groups excluding tert-OH is 4. The summed E-state index contributed by atoms with van der Waals surface area (Å²) in [4.78, 5) is 48.1. The fourth-order valence-electron chi connectivity index (χ4n) is 6.70. The maximum absolute atomic E-state index is 13.0. The fourth-order valence-corrected chi connectivity index (χ4v) is 6.70. The number of hydrogen-bond donors (Lipinski definition) is 4. The monoisotopic (exact) mass is 791 g/mol. The quantitative estimate of drug-likeness (QED) is 0.0204. The van der Waals surface area contributed by atoms with Crippen LogP contribution in [0.5, 0.6) is 0 Å². The van der Waals surface area contributed by atoms with E-state index in [-0.39, 0.29) is 57.0 Å². The molecule has 12 nitrogen and oxygen atoms in total. The summed E-state index contributed by atoms with van der Waals surface area (Å²) in [6, 6.07) is 0. The SMILES string of the molecule is CCCCCC(O)CC(O)CC(=O)OC(CCCCC)CC(O)CCOC(CCCCC)CC(O)CC(=O)OC(CCCCC)CC(CC(C)=O)OOCC. The second-order valence-electron chi connectivity index (χ2n) is 15.5. The first-order chi connectivity index (χ1) is 26.4. The van der Waals surface area contributed by atoms with Gasteiger partial charge in [0.2, 0.25) is 0 Å². The van der Waals surface area contributed by atoms with Gasteiger partial charge in [-0.2, -0.15) is 0 Å². The van der Waals surface area contributed by atoms with E-state index in [1.165, 1.54) is 6.92 Å². The molecule has 8 atom stereocenters. The maximum atomic E-state index is 13.0. The lowest BCUT2D eigenvalue weighted by Gasteiger charge is -2.25. The van der Waals surface area contributed by atoms with Gasteiger partial charge in [-0.3, -0.25) is 14.4 Å². The Morgan fingerprint density at radius 3 is 1.40 bits per heavy atom. The van der Waals surface area contributed by atoms with Crippen LogP contribution in [0.15, 0.2) is 0 Å². The van der Waals surface area contributed by atoms with Gasteiger partial charge in [-0.1, -0.05) is 91.9 Å². The maximum Gasteiger partial charge on any atom is 0.308 e. The molecule has 0 radical (unpaired) electrons. The topological polar surface area (TPSA) is 178 Å². The molecule has 4 N–H and O–H groups in total. The lowest BCUT2D eigenvalue weighted by Crippen LogP contribution is -2.30. The van der Waals surface area contributed by atoms with Crippen molar-refractivity contribution < 1.29 is 58.8 Å². The molecule has 0 bridgehead atoms. The average molecular weight is 791 g/mol. The van der Waals surface area contributed by atoms with Crippen molar-refractivity contribution in [3.63, 3.8) is 0 Å². The van der Waals surface area contributed by atoms with Gasteiger partial charge in [-0.05, 0) is 65.2 Å². The molecule has 12 heteroatoms. The van der Waals surface area contributed by atoms with E-state index < -0.39 is 54.7 Å². The van der Waals surface area contributed by atoms with E-state index >= 15 is 0 Å². The van der Waals surface area contributed by atoms with Gasteiger partial charge < -0.3 is 34.6 Å². The summed E-state index contributed by atoms with van der Waals surface area (Å²) in [6.07, 6.45) is 9.75. The molecule has 0 aliphatic carbocycles. The zero-order valence-corrected chi connectivity index (χ0v) is 35.6. The van der Waals surface area contributed by atoms with E-state index in [0.29, 0.717) is 45.1 Å². The standard InChI is InChI=1S/C43H82O12/c1-7-12-16-20-34(45)27-36(47)30-42(49)53-39(22-18-14-9-3)28-35(46)24-25-51-38(21-17-13-8-2)29-37(48)31-43(50)54-40(23-19-15-10-4)32-41(26-33(6)44)55-52-11-5/h34-41,45-48H,7-32H2,1-6H3. The van der Waals surface area contributed by atoms with Crippen LogP contribution in [0, 0.1) is 0 Å². The molecule has 0 rings (SSSR count). The number of rotatable bonds is 39. The third-order valence-corrected chi connectivity index (χ3v) is 9.71. The molecule has 0 aromatic heterocycles. The molecule has 0 saturated carbocycles. The van der Waals surface area contributed by atoms with Gasteiger partial charge >= 0.3 is 11.9 Å². The van der Waals surface area contributed by atoms with Crippen molar-refractivity contribution in [3.05, 3.63) is 0 Å². The van der Waals surface area contributed by atoms with Crippen LogP contribution < -0.4 is 0 Å². The second-order valence-corrected chi connectivity index (χ2v) is 15.5. The number of unbranched alkanes of at least 4 members (excludes halogenated alkanes) is 8. The number of ketones is 1. The van der Waals surface area contributed by atoms with E-state index in [2.05, 4.69) is 27.7 Å². The molecule has 0 aromatic carbocycles. The highest BCUT2D eigenvalue weighted by Crippen LogP contribution is 2.21. The van der Waals surface area contributed by atoms with Crippen LogP contribution in [-0.4, -0.2) is 100 Å². The third kappa shape index (κ3) is 32.0. The molecule has 0 aliphatic rings. The van der Waals surface area contributed by atoms with Crippen LogP contribution in [0.25, 0.3) is 0 Å². The number of Topliss-reactive ketones (excluding diaryl/α,β-unsaturated/α-hetero) is 1. The Morgan fingerprint density at radius 2 is 0.909 bits per heavy atom. The molecule has 0 spiro atoms. The molecule has 326 valence electrons. The molecule has 0 heterocycles. The number of aliphatic hydroxyl groups is 4. The summed E-state index contributed by atoms with van der Waals surface area (Å²) in [5.74, 6) is -1.11. The molecule has 55 heavy (non-hydrogen) atoms. The molecular weight excluding hydrogens is 708 g/mol. The van der Waals surface area contributed by atoms with Gasteiger partial charge in [0.15, 0.2) is 0 Å². The molecule has 0 fully saturated rings. The van der Waals surface area contributed by atoms with E-state index in [4.69, 9.17) is 24.0 Å². The highest BCUT2D eigenvalue weighted by atomic mass is 17.2. The smallest absolute Gasteiger partial charge is 0.308 e. The highest BCUT2D eigenvalue weighted by molar-refractivity contribution is 5.76. The zero-order chi connectivity index (χ0) is 41.3. The van der Waals surface area contributed by atoms with E-state index in [0.717, 1.165) is 77.0 Å². The van der Waals surface area contributed by atoms with Crippen molar-refractivity contribution in [2.75, 3.05) is 13.2 Å². The summed E-state index contributed by atoms with van der Waals surface area (Å²) in [5, 5.41) is 42.5. The third-order valence-electron chi connectivity index (χ3n) is 9.71. The summed E-state index contributed by atoms with van der Waals surface area (Å²) in [5.41, 5.74) is 0. The van der Waals surface area contributed by atoms with Gasteiger partial charge in [-0.15, -0.1) is 0 Å². The molecule has 0 amide bonds. The van der Waals surface area contributed by atoms with Gasteiger partial charge in [0.05, 0.1) is 50.0 Å². The highest BCUT2D eigenvalue weighted by Gasteiger charge is 2.26. The molecule has 0 aliphatic heterocycles. The van der Waals surface area contributed by atoms with Crippen LogP contribution in [0.4, 0.5) is 0 Å². The summed E-state index contributed by atoms with van der Waals surface area (Å²) < 4.78 is 17.7. The first-order valence-corrected chi connectivity index (χ1v) is 21.9. The Balaban J connectivity index is 5.20. The predicted octanol–water partition coefficient (Wildman–Crippen LogP) is 8.01. The van der Waals surface area contributed by atoms with E-state index in [9.17, 15) is 34.8 Å². The van der Waals surface area contributed by atoms with Crippen molar-refractivity contribution in [1.82, 2.24) is 0 Å². The van der Waals surface area contributed by atoms with Crippen LogP contribution >= 0.6 is 0 Å². The van der Waals surface area contributed by atoms with Crippen molar-refractivity contribution in [2.24, 2.45) is 0 Å². The molecule has 0 saturated heterocycles. The van der Waals surface area contributed by atoms with Crippen molar-refractivity contribution in [3.8, 4) is 0 Å². The summed E-state index contributed by atoms with van der Waals surface area (Å²) in [6.45, 7) is 12.2. The Hall–Kier alpha value is -1.67. The minimum absolute atomic E-state index is 0.0485. The number of esters is 2.